The highest BCUT2D eigenvalue weighted by Crippen LogP contribution is 2.34. The SMILES string of the molecule is COC[C@@H](O)c1ccccc1C(F)(F)F. The maximum atomic E-state index is 12.5. The molecule has 0 aliphatic carbocycles. The van der Waals surface area contributed by atoms with Gasteiger partial charge in [0.25, 0.3) is 0 Å². The summed E-state index contributed by atoms with van der Waals surface area (Å²) in [6.07, 6.45) is -5.71. The lowest BCUT2D eigenvalue weighted by Gasteiger charge is -2.16. The summed E-state index contributed by atoms with van der Waals surface area (Å²) < 4.78 is 42.1. The molecular weight excluding hydrogens is 209 g/mol. The van der Waals surface area contributed by atoms with Crippen LogP contribution in [0.4, 0.5) is 13.2 Å². The maximum Gasteiger partial charge on any atom is 0.416 e. The van der Waals surface area contributed by atoms with E-state index < -0.39 is 17.8 Å². The molecule has 0 bridgehead atoms. The molecule has 1 aromatic rings. The van der Waals surface area contributed by atoms with Crippen molar-refractivity contribution in [2.24, 2.45) is 0 Å². The average molecular weight is 220 g/mol. The molecular formula is C10H11F3O2. The Balaban J connectivity index is 3.06. The number of rotatable bonds is 3. The number of aliphatic hydroxyl groups excluding tert-OH is 1. The molecule has 1 rings (SSSR count). The lowest BCUT2D eigenvalue weighted by molar-refractivity contribution is -0.139. The quantitative estimate of drug-likeness (QED) is 0.847. The molecule has 0 unspecified atom stereocenters. The van der Waals surface area contributed by atoms with Gasteiger partial charge in [0.2, 0.25) is 0 Å². The second-order valence-corrected chi connectivity index (χ2v) is 3.06. The summed E-state index contributed by atoms with van der Waals surface area (Å²) in [5.41, 5.74) is -0.985. The zero-order valence-corrected chi connectivity index (χ0v) is 8.08. The van der Waals surface area contributed by atoms with E-state index in [-0.39, 0.29) is 12.2 Å². The number of aliphatic hydroxyl groups is 1. The Morgan fingerprint density at radius 1 is 1.33 bits per heavy atom. The maximum absolute atomic E-state index is 12.5. The van der Waals surface area contributed by atoms with Crippen molar-refractivity contribution in [2.75, 3.05) is 13.7 Å². The fourth-order valence-corrected chi connectivity index (χ4v) is 1.29. The van der Waals surface area contributed by atoms with Crippen LogP contribution >= 0.6 is 0 Å². The number of alkyl halides is 3. The first-order valence-corrected chi connectivity index (χ1v) is 4.30. The largest absolute Gasteiger partial charge is 0.416 e. The van der Waals surface area contributed by atoms with Crippen molar-refractivity contribution in [1.82, 2.24) is 0 Å². The van der Waals surface area contributed by atoms with E-state index in [0.29, 0.717) is 0 Å². The summed E-state index contributed by atoms with van der Waals surface area (Å²) in [7, 11) is 1.32. The Bertz CT molecular complexity index is 323. The third-order valence-corrected chi connectivity index (χ3v) is 1.95. The highest BCUT2D eigenvalue weighted by atomic mass is 19.4. The average Bonchev–Trinajstić information content (AvgIpc) is 2.17. The van der Waals surface area contributed by atoms with Crippen LogP contribution in [0.3, 0.4) is 0 Å². The van der Waals surface area contributed by atoms with E-state index in [1.54, 1.807) is 0 Å². The first-order chi connectivity index (χ1) is 6.96. The summed E-state index contributed by atoms with van der Waals surface area (Å²) in [4.78, 5) is 0. The van der Waals surface area contributed by atoms with E-state index in [1.807, 2.05) is 0 Å². The van der Waals surface area contributed by atoms with Crippen LogP contribution in [0.2, 0.25) is 0 Å². The first kappa shape index (κ1) is 12.0. The van der Waals surface area contributed by atoms with E-state index in [2.05, 4.69) is 4.74 Å². The minimum atomic E-state index is -4.45. The van der Waals surface area contributed by atoms with Crippen LogP contribution in [0, 0.1) is 0 Å². The van der Waals surface area contributed by atoms with Gasteiger partial charge < -0.3 is 9.84 Å². The van der Waals surface area contributed by atoms with Crippen LogP contribution in [-0.2, 0) is 10.9 Å². The van der Waals surface area contributed by atoms with E-state index in [0.717, 1.165) is 6.07 Å². The molecule has 0 heterocycles. The van der Waals surface area contributed by atoms with Crippen molar-refractivity contribution in [3.63, 3.8) is 0 Å². The first-order valence-electron chi connectivity index (χ1n) is 4.30. The van der Waals surface area contributed by atoms with Crippen LogP contribution in [0.15, 0.2) is 24.3 Å². The second kappa shape index (κ2) is 4.63. The fraction of sp³-hybridized carbons (Fsp3) is 0.400. The van der Waals surface area contributed by atoms with E-state index >= 15 is 0 Å². The summed E-state index contributed by atoms with van der Waals surface area (Å²) >= 11 is 0. The van der Waals surface area contributed by atoms with Crippen LogP contribution in [0.5, 0.6) is 0 Å². The Morgan fingerprint density at radius 2 is 1.93 bits per heavy atom. The minimum Gasteiger partial charge on any atom is -0.386 e. The van der Waals surface area contributed by atoms with Gasteiger partial charge in [-0.1, -0.05) is 18.2 Å². The van der Waals surface area contributed by atoms with Gasteiger partial charge in [0.05, 0.1) is 12.2 Å². The molecule has 2 nitrogen and oxygen atoms in total. The summed E-state index contributed by atoms with van der Waals surface area (Å²) in [6.45, 7) is -0.160. The standard InChI is InChI=1S/C10H11F3O2/c1-15-6-9(14)7-4-2-3-5-8(7)10(11,12)13/h2-5,9,14H,6H2,1H3/t9-/m1/s1. The molecule has 1 atom stereocenters. The normalized spacial score (nSPS) is 13.9. The zero-order chi connectivity index (χ0) is 11.5. The van der Waals surface area contributed by atoms with Crippen molar-refractivity contribution >= 4 is 0 Å². The molecule has 0 aliphatic rings. The third kappa shape index (κ3) is 2.94. The van der Waals surface area contributed by atoms with Crippen molar-refractivity contribution in [3.8, 4) is 0 Å². The minimum absolute atomic E-state index is 0.160. The molecule has 0 aromatic heterocycles. The van der Waals surface area contributed by atoms with Crippen molar-refractivity contribution < 1.29 is 23.0 Å². The number of hydrogen-bond donors (Lipinski definition) is 1. The third-order valence-electron chi connectivity index (χ3n) is 1.95. The van der Waals surface area contributed by atoms with Crippen molar-refractivity contribution in [2.45, 2.75) is 12.3 Å². The molecule has 1 aromatic carbocycles. The number of hydrogen-bond acceptors (Lipinski definition) is 2. The molecule has 15 heavy (non-hydrogen) atoms. The van der Waals surface area contributed by atoms with Gasteiger partial charge in [-0.2, -0.15) is 13.2 Å². The van der Waals surface area contributed by atoms with Gasteiger partial charge in [-0.15, -0.1) is 0 Å². The van der Waals surface area contributed by atoms with Crippen LogP contribution in [0.1, 0.15) is 17.2 Å². The Labute approximate surface area is 85.3 Å². The van der Waals surface area contributed by atoms with E-state index in [4.69, 9.17) is 0 Å². The Kier molecular flexibility index (Phi) is 3.71. The van der Waals surface area contributed by atoms with Crippen LogP contribution in [0.25, 0.3) is 0 Å². The molecule has 0 amide bonds. The predicted molar refractivity (Wildman–Crippen MR) is 48.3 cm³/mol. The van der Waals surface area contributed by atoms with Crippen LogP contribution < -0.4 is 0 Å². The topological polar surface area (TPSA) is 29.5 Å². The van der Waals surface area contributed by atoms with E-state index in [9.17, 15) is 18.3 Å². The van der Waals surface area contributed by atoms with Gasteiger partial charge in [-0.25, -0.2) is 0 Å². The highest BCUT2D eigenvalue weighted by molar-refractivity contribution is 5.31. The number of methoxy groups -OCH3 is 1. The van der Waals surface area contributed by atoms with Crippen molar-refractivity contribution in [3.05, 3.63) is 35.4 Å². The zero-order valence-electron chi connectivity index (χ0n) is 8.08. The van der Waals surface area contributed by atoms with E-state index in [1.165, 1.54) is 25.3 Å². The molecule has 84 valence electrons. The molecule has 0 radical (unpaired) electrons. The molecule has 0 saturated heterocycles. The Hall–Kier alpha value is -1.07. The lowest BCUT2D eigenvalue weighted by atomic mass is 10.0. The van der Waals surface area contributed by atoms with Crippen molar-refractivity contribution in [1.29, 1.82) is 0 Å². The van der Waals surface area contributed by atoms with Gasteiger partial charge in [-0.05, 0) is 11.6 Å². The fourth-order valence-electron chi connectivity index (χ4n) is 1.29. The summed E-state index contributed by atoms with van der Waals surface area (Å²) in [6, 6.07) is 4.91. The van der Waals surface area contributed by atoms with Gasteiger partial charge in [-0.3, -0.25) is 0 Å². The molecule has 5 heteroatoms. The number of benzene rings is 1. The second-order valence-electron chi connectivity index (χ2n) is 3.06. The number of ether oxygens (including phenoxy) is 1. The van der Waals surface area contributed by atoms with Gasteiger partial charge in [0.1, 0.15) is 6.10 Å². The molecule has 0 saturated carbocycles. The summed E-state index contributed by atoms with van der Waals surface area (Å²) in [5.74, 6) is 0. The van der Waals surface area contributed by atoms with Crippen LogP contribution in [-0.4, -0.2) is 18.8 Å². The summed E-state index contributed by atoms with van der Waals surface area (Å²) in [5, 5.41) is 9.44. The Morgan fingerprint density at radius 3 is 2.47 bits per heavy atom. The molecule has 0 spiro atoms. The smallest absolute Gasteiger partial charge is 0.386 e. The van der Waals surface area contributed by atoms with Gasteiger partial charge in [0, 0.05) is 7.11 Å². The molecule has 0 fully saturated rings. The monoisotopic (exact) mass is 220 g/mol. The van der Waals surface area contributed by atoms with Gasteiger partial charge in [0.15, 0.2) is 0 Å². The predicted octanol–water partition coefficient (Wildman–Crippen LogP) is 2.39. The highest BCUT2D eigenvalue weighted by Gasteiger charge is 2.34. The van der Waals surface area contributed by atoms with Gasteiger partial charge >= 0.3 is 6.18 Å². The lowest BCUT2D eigenvalue weighted by Crippen LogP contribution is -2.14. The molecule has 1 N–H and O–H groups in total. The number of halogens is 3. The molecule has 0 aliphatic heterocycles.